The number of hydrogen-bond donors (Lipinski definition) is 2. The third-order valence-electron chi connectivity index (χ3n) is 3.50. The second-order valence-corrected chi connectivity index (χ2v) is 4.86. The molecule has 0 bridgehead atoms. The molecule has 2 heterocycles. The number of aromatic nitrogens is 1. The van der Waals surface area contributed by atoms with Crippen molar-refractivity contribution < 1.29 is 19.1 Å². The van der Waals surface area contributed by atoms with E-state index in [9.17, 15) is 23.9 Å². The Bertz CT molecular complexity index is 840. The number of hydrogen-bond acceptors (Lipinski definition) is 3. The van der Waals surface area contributed by atoms with E-state index < -0.39 is 28.7 Å². The second kappa shape index (κ2) is 5.10. The average molecular weight is 302 g/mol. The molecule has 2 aromatic rings. The fourth-order valence-electron chi connectivity index (χ4n) is 2.50. The van der Waals surface area contributed by atoms with Gasteiger partial charge in [-0.2, -0.15) is 0 Å². The van der Waals surface area contributed by atoms with Crippen molar-refractivity contribution in [1.29, 1.82) is 0 Å². The van der Waals surface area contributed by atoms with Crippen molar-refractivity contribution in [3.63, 3.8) is 0 Å². The molecule has 0 saturated heterocycles. The van der Waals surface area contributed by atoms with E-state index in [4.69, 9.17) is 0 Å². The van der Waals surface area contributed by atoms with Crippen molar-refractivity contribution in [3.05, 3.63) is 57.8 Å². The largest absolute Gasteiger partial charge is 0.477 e. The zero-order valence-electron chi connectivity index (χ0n) is 11.3. The summed E-state index contributed by atoms with van der Waals surface area (Å²) in [5.74, 6) is -2.31. The number of fused-ring (bicyclic) bond motifs is 1. The normalized spacial score (nSPS) is 13.4. The van der Waals surface area contributed by atoms with Crippen LogP contribution >= 0.6 is 0 Å². The SMILES string of the molecule is O=C(O)c1cn2c(c(-c3ccc(F)cc3)c1=O)C(=O)NCC2. The van der Waals surface area contributed by atoms with E-state index in [1.807, 2.05) is 0 Å². The van der Waals surface area contributed by atoms with Gasteiger partial charge in [0, 0.05) is 19.3 Å². The third kappa shape index (κ3) is 2.16. The molecule has 22 heavy (non-hydrogen) atoms. The first kappa shape index (κ1) is 14.0. The molecule has 0 radical (unpaired) electrons. The number of amides is 1. The molecule has 1 aromatic carbocycles. The van der Waals surface area contributed by atoms with Crippen LogP contribution in [-0.4, -0.2) is 28.1 Å². The molecule has 0 unspecified atom stereocenters. The van der Waals surface area contributed by atoms with Crippen molar-refractivity contribution in [3.8, 4) is 11.1 Å². The number of aromatic carboxylic acids is 1. The van der Waals surface area contributed by atoms with Crippen LogP contribution in [0.4, 0.5) is 4.39 Å². The first-order valence-electron chi connectivity index (χ1n) is 6.54. The van der Waals surface area contributed by atoms with Gasteiger partial charge in [0.1, 0.15) is 17.1 Å². The number of nitrogens with zero attached hydrogens (tertiary/aromatic N) is 1. The Kier molecular flexibility index (Phi) is 3.25. The highest BCUT2D eigenvalue weighted by atomic mass is 19.1. The monoisotopic (exact) mass is 302 g/mol. The predicted molar refractivity (Wildman–Crippen MR) is 75.4 cm³/mol. The molecule has 0 aliphatic carbocycles. The van der Waals surface area contributed by atoms with Crippen LogP contribution in [-0.2, 0) is 6.54 Å². The molecule has 1 aliphatic heterocycles. The standard InChI is InChI=1S/C15H11FN2O4/c16-9-3-1-8(2-4-9)11-12-14(20)17-5-6-18(12)7-10(13(11)19)15(21)22/h1-4,7H,5-6H2,(H,17,20)(H,21,22). The van der Waals surface area contributed by atoms with Crippen LogP contribution in [0.15, 0.2) is 35.3 Å². The van der Waals surface area contributed by atoms with Gasteiger partial charge in [-0.1, -0.05) is 12.1 Å². The lowest BCUT2D eigenvalue weighted by molar-refractivity contribution is 0.0693. The van der Waals surface area contributed by atoms with E-state index in [-0.39, 0.29) is 11.3 Å². The van der Waals surface area contributed by atoms with E-state index >= 15 is 0 Å². The van der Waals surface area contributed by atoms with Gasteiger partial charge in [-0.25, -0.2) is 9.18 Å². The molecule has 0 atom stereocenters. The number of pyridine rings is 1. The Hall–Kier alpha value is -2.96. The molecule has 0 spiro atoms. The van der Waals surface area contributed by atoms with Crippen molar-refractivity contribution in [2.24, 2.45) is 0 Å². The Morgan fingerprint density at radius 1 is 1.23 bits per heavy atom. The summed E-state index contributed by atoms with van der Waals surface area (Å²) in [6.45, 7) is 0.701. The summed E-state index contributed by atoms with van der Waals surface area (Å²) >= 11 is 0. The van der Waals surface area contributed by atoms with Gasteiger partial charge < -0.3 is 15.0 Å². The van der Waals surface area contributed by atoms with Gasteiger partial charge in [-0.3, -0.25) is 9.59 Å². The van der Waals surface area contributed by atoms with Crippen LogP contribution in [0.25, 0.3) is 11.1 Å². The summed E-state index contributed by atoms with van der Waals surface area (Å²) in [4.78, 5) is 35.8. The highest BCUT2D eigenvalue weighted by Gasteiger charge is 2.26. The van der Waals surface area contributed by atoms with E-state index in [1.165, 1.54) is 22.9 Å². The minimum atomic E-state index is -1.37. The third-order valence-corrected chi connectivity index (χ3v) is 3.50. The molecule has 1 aliphatic rings. The number of carboxylic acids is 1. The quantitative estimate of drug-likeness (QED) is 0.869. The summed E-state index contributed by atoms with van der Waals surface area (Å²) in [6, 6.07) is 5.00. The molecule has 7 heteroatoms. The number of benzene rings is 1. The highest BCUT2D eigenvalue weighted by Crippen LogP contribution is 2.23. The first-order valence-corrected chi connectivity index (χ1v) is 6.54. The minimum Gasteiger partial charge on any atom is -0.477 e. The summed E-state index contributed by atoms with van der Waals surface area (Å²) in [5, 5.41) is 11.8. The Balaban J connectivity index is 2.37. The zero-order valence-corrected chi connectivity index (χ0v) is 11.3. The van der Waals surface area contributed by atoms with Crippen LogP contribution < -0.4 is 10.7 Å². The molecule has 1 aromatic heterocycles. The zero-order chi connectivity index (χ0) is 15.9. The van der Waals surface area contributed by atoms with Crippen molar-refractivity contribution in [2.45, 2.75) is 6.54 Å². The van der Waals surface area contributed by atoms with Gasteiger partial charge in [-0.05, 0) is 17.7 Å². The molecular weight excluding hydrogens is 291 g/mol. The lowest BCUT2D eigenvalue weighted by Crippen LogP contribution is -2.39. The van der Waals surface area contributed by atoms with Gasteiger partial charge in [0.25, 0.3) is 5.91 Å². The molecule has 3 rings (SSSR count). The predicted octanol–water partition coefficient (Wildman–Crippen LogP) is 1.10. The Morgan fingerprint density at radius 3 is 2.55 bits per heavy atom. The van der Waals surface area contributed by atoms with Crippen LogP contribution in [0.1, 0.15) is 20.8 Å². The molecule has 1 amide bonds. The van der Waals surface area contributed by atoms with Gasteiger partial charge in [0.2, 0.25) is 5.43 Å². The molecule has 6 nitrogen and oxygen atoms in total. The average Bonchev–Trinajstić information content (AvgIpc) is 2.48. The van der Waals surface area contributed by atoms with Crippen LogP contribution in [0, 0.1) is 5.82 Å². The lowest BCUT2D eigenvalue weighted by atomic mass is 9.99. The summed E-state index contributed by atoms with van der Waals surface area (Å²) in [6.07, 6.45) is 1.17. The second-order valence-electron chi connectivity index (χ2n) is 4.86. The number of carboxylic acid groups (broad SMARTS) is 1. The fourth-order valence-corrected chi connectivity index (χ4v) is 2.50. The van der Waals surface area contributed by atoms with Gasteiger partial charge in [-0.15, -0.1) is 0 Å². The number of rotatable bonds is 2. The summed E-state index contributed by atoms with van der Waals surface area (Å²) in [7, 11) is 0. The van der Waals surface area contributed by atoms with Gasteiger partial charge in [0.15, 0.2) is 0 Å². The number of halogens is 1. The molecule has 2 N–H and O–H groups in total. The lowest BCUT2D eigenvalue weighted by Gasteiger charge is -2.22. The van der Waals surface area contributed by atoms with Crippen LogP contribution in [0.3, 0.4) is 0 Å². The van der Waals surface area contributed by atoms with Gasteiger partial charge >= 0.3 is 5.97 Å². The molecule has 0 fully saturated rings. The minimum absolute atomic E-state index is 0.0305. The first-order chi connectivity index (χ1) is 10.5. The number of carbonyl (C=O) groups excluding carboxylic acids is 1. The Morgan fingerprint density at radius 2 is 1.91 bits per heavy atom. The summed E-state index contributed by atoms with van der Waals surface area (Å²) in [5.41, 5.74) is -0.819. The van der Waals surface area contributed by atoms with Crippen LogP contribution in [0.5, 0.6) is 0 Å². The number of carbonyl (C=O) groups is 2. The fraction of sp³-hybridized carbons (Fsp3) is 0.133. The maximum atomic E-state index is 13.1. The summed E-state index contributed by atoms with van der Waals surface area (Å²) < 4.78 is 14.5. The topological polar surface area (TPSA) is 88.4 Å². The van der Waals surface area contributed by atoms with E-state index in [2.05, 4.69) is 5.32 Å². The molecule has 0 saturated carbocycles. The smallest absolute Gasteiger partial charge is 0.341 e. The molecular formula is C15H11FN2O4. The van der Waals surface area contributed by atoms with E-state index in [0.717, 1.165) is 12.1 Å². The van der Waals surface area contributed by atoms with Crippen molar-refractivity contribution in [2.75, 3.05) is 6.54 Å². The van der Waals surface area contributed by atoms with E-state index in [0.29, 0.717) is 18.7 Å². The Labute approximate surface area is 123 Å². The maximum absolute atomic E-state index is 13.1. The van der Waals surface area contributed by atoms with Gasteiger partial charge in [0.05, 0.1) is 5.56 Å². The highest BCUT2D eigenvalue weighted by molar-refractivity contribution is 6.01. The number of nitrogens with one attached hydrogen (secondary N) is 1. The van der Waals surface area contributed by atoms with Crippen molar-refractivity contribution >= 4 is 11.9 Å². The molecule has 112 valence electrons. The van der Waals surface area contributed by atoms with Crippen LogP contribution in [0.2, 0.25) is 0 Å². The maximum Gasteiger partial charge on any atom is 0.341 e. The van der Waals surface area contributed by atoms with Crippen molar-refractivity contribution in [1.82, 2.24) is 9.88 Å². The van der Waals surface area contributed by atoms with E-state index in [1.54, 1.807) is 0 Å².